The van der Waals surface area contributed by atoms with Crippen molar-refractivity contribution in [3.8, 4) is 5.75 Å². The Hall–Kier alpha value is -2.77. The van der Waals surface area contributed by atoms with Gasteiger partial charge in [-0.05, 0) is 48.7 Å². The number of rotatable bonds is 10. The maximum absolute atomic E-state index is 13.5. The number of carbonyl (C=O) groups is 1. The normalized spacial score (nSPS) is 12.4. The van der Waals surface area contributed by atoms with Gasteiger partial charge in [-0.2, -0.15) is 0 Å². The Kier molecular flexibility index (Phi) is 8.58. The zero-order valence-corrected chi connectivity index (χ0v) is 20.7. The molecule has 1 amide bonds. The number of sulfone groups is 1. The lowest BCUT2D eigenvalue weighted by Crippen LogP contribution is -2.21. The lowest BCUT2D eigenvalue weighted by molar-refractivity contribution is -0.115. The summed E-state index contributed by atoms with van der Waals surface area (Å²) in [5.74, 6) is 0.147. The lowest BCUT2D eigenvalue weighted by Gasteiger charge is -2.20. The number of carbonyl (C=O) groups excluding carboxylic acids is 1. The van der Waals surface area contributed by atoms with Crippen LogP contribution in [0, 0.1) is 0 Å². The van der Waals surface area contributed by atoms with Crippen LogP contribution < -0.4 is 10.1 Å². The molecule has 3 rings (SSSR count). The molecule has 0 saturated carbocycles. The summed E-state index contributed by atoms with van der Waals surface area (Å²) in [7, 11) is -2.02. The smallest absolute Gasteiger partial charge is 0.242 e. The first-order chi connectivity index (χ1) is 15.9. The van der Waals surface area contributed by atoms with Crippen LogP contribution in [0.25, 0.3) is 0 Å². The maximum atomic E-state index is 13.5. The number of nitrogens with one attached hydrogen (secondary N) is 1. The molecule has 0 aliphatic carbocycles. The summed E-state index contributed by atoms with van der Waals surface area (Å²) >= 11 is 1.43. The molecule has 0 aliphatic heterocycles. The average molecular weight is 484 g/mol. The molecule has 7 heteroatoms. The van der Waals surface area contributed by atoms with Gasteiger partial charge in [-0.25, -0.2) is 8.42 Å². The molecule has 5 nitrogen and oxygen atoms in total. The highest BCUT2D eigenvalue weighted by Crippen LogP contribution is 2.37. The molecule has 1 unspecified atom stereocenters. The highest BCUT2D eigenvalue weighted by atomic mass is 32.2. The van der Waals surface area contributed by atoms with Gasteiger partial charge >= 0.3 is 0 Å². The van der Waals surface area contributed by atoms with E-state index >= 15 is 0 Å². The molecule has 0 aromatic heterocycles. The van der Waals surface area contributed by atoms with Crippen molar-refractivity contribution in [2.75, 3.05) is 12.4 Å². The van der Waals surface area contributed by atoms with Crippen molar-refractivity contribution in [2.24, 2.45) is 0 Å². The Balaban J connectivity index is 1.96. The fourth-order valence-electron chi connectivity index (χ4n) is 3.62. The van der Waals surface area contributed by atoms with Crippen molar-refractivity contribution in [3.05, 3.63) is 84.4 Å². The second kappa shape index (κ2) is 11.4. The summed E-state index contributed by atoms with van der Waals surface area (Å²) in [6.07, 6.45) is 1.05. The van der Waals surface area contributed by atoms with Gasteiger partial charge in [0.25, 0.3) is 0 Å². The highest BCUT2D eigenvalue weighted by molar-refractivity contribution is 8.00. The predicted octanol–water partition coefficient (Wildman–Crippen LogP) is 6.13. The Morgan fingerprint density at radius 3 is 2.12 bits per heavy atom. The predicted molar refractivity (Wildman–Crippen MR) is 135 cm³/mol. The van der Waals surface area contributed by atoms with Crippen molar-refractivity contribution in [3.63, 3.8) is 0 Å². The largest absolute Gasteiger partial charge is 0.495 e. The van der Waals surface area contributed by atoms with Gasteiger partial charge in [-0.3, -0.25) is 4.79 Å². The third-order valence-electron chi connectivity index (χ3n) is 5.44. The molecule has 0 saturated heterocycles. The van der Waals surface area contributed by atoms with Crippen LogP contribution in [0.3, 0.4) is 0 Å². The van der Waals surface area contributed by atoms with Gasteiger partial charge in [-0.1, -0.05) is 62.4 Å². The maximum Gasteiger partial charge on any atom is 0.242 e. The minimum absolute atomic E-state index is 0.180. The summed E-state index contributed by atoms with van der Waals surface area (Å²) < 4.78 is 31.6. The molecule has 1 atom stereocenters. The quantitative estimate of drug-likeness (QED) is 0.351. The molecule has 33 heavy (non-hydrogen) atoms. The van der Waals surface area contributed by atoms with Crippen LogP contribution >= 0.6 is 11.8 Å². The molecule has 0 spiro atoms. The number of thioether (sulfide) groups is 1. The van der Waals surface area contributed by atoms with Crippen molar-refractivity contribution >= 4 is 33.2 Å². The van der Waals surface area contributed by atoms with Gasteiger partial charge in [0.2, 0.25) is 5.91 Å². The summed E-state index contributed by atoms with van der Waals surface area (Å²) in [5.41, 5.74) is 1.19. The number of amides is 1. The SMILES string of the molecule is CCC(CC)S(=O)(=O)c1ccc(OC)c(NC(=O)C(Sc2ccccc2)c2ccccc2)c1. The molecule has 0 aliphatic rings. The van der Waals surface area contributed by atoms with E-state index in [0.29, 0.717) is 24.3 Å². The Morgan fingerprint density at radius 1 is 0.939 bits per heavy atom. The topological polar surface area (TPSA) is 72.5 Å². The van der Waals surface area contributed by atoms with E-state index in [4.69, 9.17) is 4.74 Å². The third-order valence-corrected chi connectivity index (χ3v) is 9.17. The van der Waals surface area contributed by atoms with Crippen LogP contribution in [0.15, 0.2) is 88.7 Å². The van der Waals surface area contributed by atoms with Crippen LogP contribution in [0.2, 0.25) is 0 Å². The minimum atomic E-state index is -3.52. The summed E-state index contributed by atoms with van der Waals surface area (Å²) in [4.78, 5) is 14.6. The van der Waals surface area contributed by atoms with Gasteiger partial charge in [0.1, 0.15) is 11.0 Å². The minimum Gasteiger partial charge on any atom is -0.495 e. The van der Waals surface area contributed by atoms with E-state index in [0.717, 1.165) is 10.5 Å². The number of ether oxygens (including phenoxy) is 1. The van der Waals surface area contributed by atoms with Crippen LogP contribution in [-0.2, 0) is 14.6 Å². The monoisotopic (exact) mass is 483 g/mol. The van der Waals surface area contributed by atoms with Crippen LogP contribution in [0.4, 0.5) is 5.69 Å². The van der Waals surface area contributed by atoms with E-state index in [1.54, 1.807) is 6.07 Å². The Morgan fingerprint density at radius 2 is 1.55 bits per heavy atom. The van der Waals surface area contributed by atoms with Gasteiger partial charge < -0.3 is 10.1 Å². The van der Waals surface area contributed by atoms with Crippen LogP contribution in [0.1, 0.15) is 37.5 Å². The number of hydrogen-bond acceptors (Lipinski definition) is 5. The van der Waals surface area contributed by atoms with Crippen molar-refractivity contribution in [2.45, 2.75) is 47.0 Å². The molecule has 0 heterocycles. The number of methoxy groups -OCH3 is 1. The molecular weight excluding hydrogens is 454 g/mol. The van der Waals surface area contributed by atoms with Gasteiger partial charge in [0, 0.05) is 4.90 Å². The zero-order chi connectivity index (χ0) is 23.8. The first kappa shape index (κ1) is 24.9. The molecule has 0 fully saturated rings. The van der Waals surface area contributed by atoms with Crippen LogP contribution in [-0.4, -0.2) is 26.7 Å². The van der Waals surface area contributed by atoms with Crippen molar-refractivity contribution in [1.82, 2.24) is 0 Å². The highest BCUT2D eigenvalue weighted by Gasteiger charge is 2.27. The number of hydrogen-bond donors (Lipinski definition) is 1. The second-order valence-corrected chi connectivity index (χ2v) is 11.0. The van der Waals surface area contributed by atoms with E-state index in [2.05, 4.69) is 5.32 Å². The summed E-state index contributed by atoms with van der Waals surface area (Å²) in [6, 6.07) is 23.8. The van der Waals surface area contributed by atoms with Crippen LogP contribution in [0.5, 0.6) is 5.75 Å². The number of benzene rings is 3. The van der Waals surface area contributed by atoms with Gasteiger partial charge in [0.05, 0.1) is 22.9 Å². The molecule has 3 aromatic rings. The molecule has 0 bridgehead atoms. The van der Waals surface area contributed by atoms with E-state index < -0.39 is 20.3 Å². The van der Waals surface area contributed by atoms with E-state index in [1.165, 1.54) is 31.0 Å². The molecule has 0 radical (unpaired) electrons. The van der Waals surface area contributed by atoms with Crippen molar-refractivity contribution in [1.29, 1.82) is 0 Å². The average Bonchev–Trinajstić information content (AvgIpc) is 2.84. The molecule has 1 N–H and O–H groups in total. The third kappa shape index (κ3) is 5.97. The van der Waals surface area contributed by atoms with E-state index in [9.17, 15) is 13.2 Å². The molecular formula is C26H29NO4S2. The molecule has 174 valence electrons. The Bertz CT molecular complexity index is 1160. The molecule has 3 aromatic carbocycles. The zero-order valence-electron chi connectivity index (χ0n) is 19.0. The fourth-order valence-corrected chi connectivity index (χ4v) is 6.46. The van der Waals surface area contributed by atoms with Gasteiger partial charge in [-0.15, -0.1) is 11.8 Å². The first-order valence-electron chi connectivity index (χ1n) is 10.9. The summed E-state index contributed by atoms with van der Waals surface area (Å²) in [6.45, 7) is 3.73. The lowest BCUT2D eigenvalue weighted by atomic mass is 10.1. The van der Waals surface area contributed by atoms with E-state index in [1.807, 2.05) is 74.5 Å². The number of anilines is 1. The Labute approximate surface area is 200 Å². The standard InChI is InChI=1S/C26H29NO4S2/c1-4-21(5-2)33(29,30)22-16-17-24(31-3)23(18-22)27-26(28)25(19-12-8-6-9-13-19)32-20-14-10-7-11-15-20/h6-18,21,25H,4-5H2,1-3H3,(H,27,28). The summed E-state index contributed by atoms with van der Waals surface area (Å²) in [5, 5.41) is 1.92. The van der Waals surface area contributed by atoms with E-state index in [-0.39, 0.29) is 10.8 Å². The fraction of sp³-hybridized carbons (Fsp3) is 0.269. The first-order valence-corrected chi connectivity index (χ1v) is 13.3. The van der Waals surface area contributed by atoms with Gasteiger partial charge in [0.15, 0.2) is 9.84 Å². The second-order valence-electron chi connectivity index (χ2n) is 7.56. The van der Waals surface area contributed by atoms with Crippen molar-refractivity contribution < 1.29 is 17.9 Å².